The highest BCUT2D eigenvalue weighted by Gasteiger charge is 2.19. The molecule has 0 aliphatic heterocycles. The minimum absolute atomic E-state index is 0.547. The topological polar surface area (TPSA) is 33.1 Å². The molecule has 1 N–H and O–H groups in total. The Balaban J connectivity index is 3.02. The van der Waals surface area contributed by atoms with Gasteiger partial charge < -0.3 is 10.2 Å². The van der Waals surface area contributed by atoms with E-state index in [9.17, 15) is 0 Å². The van der Waals surface area contributed by atoms with Gasteiger partial charge in [-0.15, -0.1) is 0 Å². The molecule has 0 saturated carbocycles. The Bertz CT molecular complexity index is 357. The molecule has 1 aromatic rings. The van der Waals surface area contributed by atoms with Gasteiger partial charge in [0.05, 0.1) is 5.69 Å². The average Bonchev–Trinajstić information content (AvgIpc) is 2.54. The van der Waals surface area contributed by atoms with Crippen molar-refractivity contribution in [3.63, 3.8) is 0 Å². The van der Waals surface area contributed by atoms with E-state index in [1.165, 1.54) is 24.2 Å². The van der Waals surface area contributed by atoms with Crippen LogP contribution >= 0.6 is 0 Å². The van der Waals surface area contributed by atoms with Gasteiger partial charge in [0, 0.05) is 32.2 Å². The molecule has 0 bridgehead atoms. The van der Waals surface area contributed by atoms with E-state index in [0.717, 1.165) is 12.2 Å². The normalized spacial score (nSPS) is 12.8. The molecule has 0 fully saturated rings. The maximum Gasteiger partial charge on any atom is 0.131 e. The predicted octanol–water partition coefficient (Wildman–Crippen LogP) is 2.07. The van der Waals surface area contributed by atoms with E-state index < -0.39 is 0 Å². The fourth-order valence-electron chi connectivity index (χ4n) is 2.33. The summed E-state index contributed by atoms with van der Waals surface area (Å²) in [6.07, 6.45) is 2.42. The van der Waals surface area contributed by atoms with Crippen LogP contribution in [0.3, 0.4) is 0 Å². The second kappa shape index (κ2) is 6.05. The molecule has 1 unspecified atom stereocenters. The van der Waals surface area contributed by atoms with Gasteiger partial charge in [0.25, 0.3) is 0 Å². The molecule has 0 aromatic carbocycles. The van der Waals surface area contributed by atoms with Crippen molar-refractivity contribution in [1.82, 2.24) is 15.1 Å². The standard InChI is InChI=1S/C13H26N4/c1-7-8-10(2)16(5)13-12(9-14-4)11(3)15-17(13)6/h10,14H,7-9H2,1-6H3. The molecule has 0 saturated heterocycles. The lowest BCUT2D eigenvalue weighted by molar-refractivity contribution is 0.592. The number of hydrogen-bond donors (Lipinski definition) is 1. The van der Waals surface area contributed by atoms with Crippen LogP contribution in [0.2, 0.25) is 0 Å². The molecular formula is C13H26N4. The number of aryl methyl sites for hydroxylation is 2. The summed E-state index contributed by atoms with van der Waals surface area (Å²) in [4.78, 5) is 2.34. The van der Waals surface area contributed by atoms with Gasteiger partial charge in [0.1, 0.15) is 5.82 Å². The second-order valence-electron chi connectivity index (χ2n) is 4.79. The summed E-state index contributed by atoms with van der Waals surface area (Å²) in [5, 5.41) is 7.75. The van der Waals surface area contributed by atoms with E-state index in [2.05, 4.69) is 43.1 Å². The van der Waals surface area contributed by atoms with Gasteiger partial charge >= 0.3 is 0 Å². The number of anilines is 1. The Morgan fingerprint density at radius 3 is 2.65 bits per heavy atom. The smallest absolute Gasteiger partial charge is 0.131 e. The van der Waals surface area contributed by atoms with E-state index in [-0.39, 0.29) is 0 Å². The number of hydrogen-bond acceptors (Lipinski definition) is 3. The lowest BCUT2D eigenvalue weighted by atomic mass is 10.1. The molecule has 0 spiro atoms. The Morgan fingerprint density at radius 1 is 1.47 bits per heavy atom. The predicted molar refractivity (Wildman–Crippen MR) is 73.5 cm³/mol. The van der Waals surface area contributed by atoms with Gasteiger partial charge in [0.15, 0.2) is 0 Å². The molecule has 17 heavy (non-hydrogen) atoms. The highest BCUT2D eigenvalue weighted by Crippen LogP contribution is 2.24. The summed E-state index contributed by atoms with van der Waals surface area (Å²) >= 11 is 0. The summed E-state index contributed by atoms with van der Waals surface area (Å²) in [5.74, 6) is 1.23. The molecule has 1 aromatic heterocycles. The maximum atomic E-state index is 4.53. The quantitative estimate of drug-likeness (QED) is 0.823. The van der Waals surface area contributed by atoms with Gasteiger partial charge in [-0.25, -0.2) is 0 Å². The molecule has 0 amide bonds. The van der Waals surface area contributed by atoms with Crippen LogP contribution in [-0.4, -0.2) is 29.9 Å². The summed E-state index contributed by atoms with van der Waals surface area (Å²) in [5.41, 5.74) is 2.42. The number of nitrogens with one attached hydrogen (secondary N) is 1. The average molecular weight is 238 g/mol. The SMILES string of the molecule is CCCC(C)N(C)c1c(CNC)c(C)nn1C. The largest absolute Gasteiger partial charge is 0.357 e. The third-order valence-electron chi connectivity index (χ3n) is 3.37. The van der Waals surface area contributed by atoms with Crippen molar-refractivity contribution in [3.05, 3.63) is 11.3 Å². The van der Waals surface area contributed by atoms with Gasteiger partial charge in [-0.05, 0) is 27.3 Å². The first-order chi connectivity index (χ1) is 8.02. The van der Waals surface area contributed by atoms with Crippen molar-refractivity contribution >= 4 is 5.82 Å². The fraction of sp³-hybridized carbons (Fsp3) is 0.769. The molecule has 0 aliphatic carbocycles. The lowest BCUT2D eigenvalue weighted by Crippen LogP contribution is -2.31. The van der Waals surface area contributed by atoms with Gasteiger partial charge in [0.2, 0.25) is 0 Å². The molecule has 1 atom stereocenters. The van der Waals surface area contributed by atoms with Gasteiger partial charge in [-0.2, -0.15) is 5.10 Å². The minimum Gasteiger partial charge on any atom is -0.357 e. The highest BCUT2D eigenvalue weighted by molar-refractivity contribution is 5.50. The van der Waals surface area contributed by atoms with E-state index in [4.69, 9.17) is 0 Å². The van der Waals surface area contributed by atoms with Crippen LogP contribution in [0.5, 0.6) is 0 Å². The third-order valence-corrected chi connectivity index (χ3v) is 3.37. The van der Waals surface area contributed by atoms with Crippen LogP contribution in [0, 0.1) is 6.92 Å². The van der Waals surface area contributed by atoms with Crippen LogP contribution in [-0.2, 0) is 13.6 Å². The summed E-state index contributed by atoms with van der Waals surface area (Å²) in [6.45, 7) is 7.45. The number of nitrogens with zero attached hydrogens (tertiary/aromatic N) is 3. The Kier molecular flexibility index (Phi) is 5.00. The van der Waals surface area contributed by atoms with E-state index in [0.29, 0.717) is 6.04 Å². The first kappa shape index (κ1) is 14.0. The Morgan fingerprint density at radius 2 is 2.12 bits per heavy atom. The van der Waals surface area contributed by atoms with Gasteiger partial charge in [-0.1, -0.05) is 13.3 Å². The van der Waals surface area contributed by atoms with Crippen molar-refractivity contribution < 1.29 is 0 Å². The molecule has 98 valence electrons. The first-order valence-electron chi connectivity index (χ1n) is 6.42. The van der Waals surface area contributed by atoms with Crippen LogP contribution in [0.25, 0.3) is 0 Å². The van der Waals surface area contributed by atoms with Crippen molar-refractivity contribution in [3.8, 4) is 0 Å². The molecule has 4 heteroatoms. The van der Waals surface area contributed by atoms with Crippen LogP contribution < -0.4 is 10.2 Å². The van der Waals surface area contributed by atoms with E-state index in [1.807, 2.05) is 18.8 Å². The van der Waals surface area contributed by atoms with Crippen molar-refractivity contribution in [1.29, 1.82) is 0 Å². The van der Waals surface area contributed by atoms with E-state index in [1.54, 1.807) is 0 Å². The first-order valence-corrected chi connectivity index (χ1v) is 6.42. The Labute approximate surface area is 105 Å². The molecule has 1 rings (SSSR count). The molecule has 4 nitrogen and oxygen atoms in total. The Hall–Kier alpha value is -1.03. The van der Waals surface area contributed by atoms with Crippen LogP contribution in [0.15, 0.2) is 0 Å². The summed E-state index contributed by atoms with van der Waals surface area (Å²) < 4.78 is 1.99. The highest BCUT2D eigenvalue weighted by atomic mass is 15.4. The minimum atomic E-state index is 0.547. The molecular weight excluding hydrogens is 212 g/mol. The zero-order chi connectivity index (χ0) is 13.0. The maximum absolute atomic E-state index is 4.53. The van der Waals surface area contributed by atoms with Crippen LogP contribution in [0.4, 0.5) is 5.82 Å². The lowest BCUT2D eigenvalue weighted by Gasteiger charge is -2.27. The van der Waals surface area contributed by atoms with E-state index >= 15 is 0 Å². The van der Waals surface area contributed by atoms with Crippen molar-refractivity contribution in [2.45, 2.75) is 46.2 Å². The molecule has 0 radical (unpaired) electrons. The molecule has 0 aliphatic rings. The zero-order valence-electron chi connectivity index (χ0n) is 12.0. The summed E-state index contributed by atoms with van der Waals surface area (Å²) in [6, 6.07) is 0.547. The number of rotatable bonds is 6. The van der Waals surface area contributed by atoms with Crippen molar-refractivity contribution in [2.24, 2.45) is 7.05 Å². The summed E-state index contributed by atoms with van der Waals surface area (Å²) in [7, 11) is 6.16. The second-order valence-corrected chi connectivity index (χ2v) is 4.79. The monoisotopic (exact) mass is 238 g/mol. The van der Waals surface area contributed by atoms with Gasteiger partial charge in [-0.3, -0.25) is 4.68 Å². The number of aromatic nitrogens is 2. The molecule has 1 heterocycles. The van der Waals surface area contributed by atoms with Crippen molar-refractivity contribution in [2.75, 3.05) is 19.0 Å². The third kappa shape index (κ3) is 3.00. The van der Waals surface area contributed by atoms with Crippen LogP contribution in [0.1, 0.15) is 37.9 Å². The zero-order valence-corrected chi connectivity index (χ0v) is 12.0. The fourth-order valence-corrected chi connectivity index (χ4v) is 2.33.